The standard InChI is InChI=1S/C12H13NO3/c1-7-8(2)11(16)10(15)5-9(7)12(3-4-12)13-6-14/h5,15-16H,3-4H2,1-2H3. The Bertz CT molecular complexity index is 497. The molecule has 1 saturated carbocycles. The van der Waals surface area contributed by atoms with Crippen LogP contribution in [0.25, 0.3) is 0 Å². The van der Waals surface area contributed by atoms with Crippen molar-refractivity contribution in [1.29, 1.82) is 0 Å². The molecule has 1 aliphatic carbocycles. The predicted octanol–water partition coefficient (Wildman–Crippen LogP) is 2.04. The predicted molar refractivity (Wildman–Crippen MR) is 58.3 cm³/mol. The number of carbonyl (C=O) groups excluding carboxylic acids is 1. The van der Waals surface area contributed by atoms with Crippen LogP contribution < -0.4 is 0 Å². The molecule has 0 aromatic heterocycles. The van der Waals surface area contributed by atoms with Gasteiger partial charge in [-0.1, -0.05) is 0 Å². The van der Waals surface area contributed by atoms with Crippen LogP contribution in [0.15, 0.2) is 11.1 Å². The van der Waals surface area contributed by atoms with E-state index in [1.54, 1.807) is 13.0 Å². The van der Waals surface area contributed by atoms with Crippen molar-refractivity contribution >= 4 is 6.08 Å². The van der Waals surface area contributed by atoms with Crippen molar-refractivity contribution in [1.82, 2.24) is 0 Å². The zero-order chi connectivity index (χ0) is 11.9. The highest BCUT2D eigenvalue weighted by Gasteiger charge is 2.46. The van der Waals surface area contributed by atoms with Gasteiger partial charge in [-0.05, 0) is 49.4 Å². The second-order valence-corrected chi connectivity index (χ2v) is 4.28. The summed E-state index contributed by atoms with van der Waals surface area (Å²) >= 11 is 0. The van der Waals surface area contributed by atoms with Gasteiger partial charge in [0.1, 0.15) is 0 Å². The molecule has 0 amide bonds. The highest BCUT2D eigenvalue weighted by molar-refractivity contribution is 5.56. The fourth-order valence-corrected chi connectivity index (χ4v) is 2.02. The van der Waals surface area contributed by atoms with E-state index in [0.717, 1.165) is 24.0 Å². The lowest BCUT2D eigenvalue weighted by atomic mass is 9.95. The van der Waals surface area contributed by atoms with Crippen LogP contribution in [0, 0.1) is 13.8 Å². The minimum absolute atomic E-state index is 0.105. The maximum absolute atomic E-state index is 10.4. The van der Waals surface area contributed by atoms with Crippen molar-refractivity contribution in [2.75, 3.05) is 0 Å². The van der Waals surface area contributed by atoms with E-state index in [9.17, 15) is 15.0 Å². The molecule has 84 valence electrons. The topological polar surface area (TPSA) is 69.9 Å². The van der Waals surface area contributed by atoms with Crippen molar-refractivity contribution < 1.29 is 15.0 Å². The summed E-state index contributed by atoms with van der Waals surface area (Å²) in [6.45, 7) is 3.58. The van der Waals surface area contributed by atoms with Gasteiger partial charge in [0.2, 0.25) is 6.08 Å². The quantitative estimate of drug-likeness (QED) is 0.454. The van der Waals surface area contributed by atoms with Crippen LogP contribution in [0.3, 0.4) is 0 Å². The smallest absolute Gasteiger partial charge is 0.235 e. The molecule has 4 heteroatoms. The second-order valence-electron chi connectivity index (χ2n) is 4.28. The van der Waals surface area contributed by atoms with Gasteiger partial charge in [0.25, 0.3) is 0 Å². The van der Waals surface area contributed by atoms with Gasteiger partial charge >= 0.3 is 0 Å². The maximum atomic E-state index is 10.4. The molecule has 2 rings (SSSR count). The van der Waals surface area contributed by atoms with Crippen LogP contribution in [0.5, 0.6) is 11.5 Å². The van der Waals surface area contributed by atoms with Crippen molar-refractivity contribution in [2.45, 2.75) is 32.2 Å². The number of aliphatic imine (C=N–C) groups is 1. The molecule has 2 N–H and O–H groups in total. The Kier molecular flexibility index (Phi) is 2.25. The Labute approximate surface area is 93.3 Å². The molecule has 1 aliphatic rings. The third-order valence-corrected chi connectivity index (χ3v) is 3.33. The van der Waals surface area contributed by atoms with Gasteiger partial charge in [-0.15, -0.1) is 0 Å². The summed E-state index contributed by atoms with van der Waals surface area (Å²) in [7, 11) is 0. The highest BCUT2D eigenvalue weighted by atomic mass is 16.3. The lowest BCUT2D eigenvalue weighted by molar-refractivity contribution is 0.399. The van der Waals surface area contributed by atoms with Gasteiger partial charge in [-0.25, -0.2) is 4.79 Å². The maximum Gasteiger partial charge on any atom is 0.235 e. The first kappa shape index (κ1) is 10.7. The van der Waals surface area contributed by atoms with Crippen LogP contribution in [-0.2, 0) is 10.3 Å². The fourth-order valence-electron chi connectivity index (χ4n) is 2.02. The molecule has 0 spiro atoms. The minimum atomic E-state index is -0.512. The zero-order valence-electron chi connectivity index (χ0n) is 9.24. The minimum Gasteiger partial charge on any atom is -0.504 e. The molecule has 0 atom stereocenters. The van der Waals surface area contributed by atoms with Gasteiger partial charge in [0, 0.05) is 0 Å². The number of rotatable bonds is 2. The van der Waals surface area contributed by atoms with Crippen molar-refractivity contribution in [3.8, 4) is 11.5 Å². The molecule has 0 aliphatic heterocycles. The normalized spacial score (nSPS) is 16.6. The number of hydrogen-bond donors (Lipinski definition) is 2. The zero-order valence-corrected chi connectivity index (χ0v) is 9.24. The van der Waals surface area contributed by atoms with E-state index in [4.69, 9.17) is 0 Å². The van der Waals surface area contributed by atoms with Crippen LogP contribution in [0.2, 0.25) is 0 Å². The molecule has 1 aromatic rings. The van der Waals surface area contributed by atoms with Crippen molar-refractivity contribution in [3.05, 3.63) is 22.8 Å². The number of aromatic hydroxyl groups is 2. The molecular weight excluding hydrogens is 206 g/mol. The van der Waals surface area contributed by atoms with E-state index >= 15 is 0 Å². The van der Waals surface area contributed by atoms with Crippen LogP contribution >= 0.6 is 0 Å². The largest absolute Gasteiger partial charge is 0.504 e. The Hall–Kier alpha value is -1.80. The average molecular weight is 219 g/mol. The Morgan fingerprint density at radius 2 is 1.94 bits per heavy atom. The number of phenols is 2. The number of nitrogens with zero attached hydrogens (tertiary/aromatic N) is 1. The molecule has 0 heterocycles. The number of benzene rings is 1. The number of isocyanates is 1. The SMILES string of the molecule is Cc1c(C2(N=C=O)CC2)cc(O)c(O)c1C. The molecular formula is C12H13NO3. The fraction of sp³-hybridized carbons (Fsp3) is 0.417. The number of phenolic OH excluding ortho intramolecular Hbond substituents is 2. The van der Waals surface area contributed by atoms with Crippen LogP contribution in [0.1, 0.15) is 29.5 Å². The summed E-state index contributed by atoms with van der Waals surface area (Å²) in [5.74, 6) is -0.266. The van der Waals surface area contributed by atoms with E-state index in [-0.39, 0.29) is 11.5 Å². The monoisotopic (exact) mass is 219 g/mol. The van der Waals surface area contributed by atoms with Gasteiger partial charge in [0.05, 0.1) is 5.54 Å². The van der Waals surface area contributed by atoms with Crippen molar-refractivity contribution in [3.63, 3.8) is 0 Å². The summed E-state index contributed by atoms with van der Waals surface area (Å²) < 4.78 is 0. The first-order chi connectivity index (χ1) is 7.52. The van der Waals surface area contributed by atoms with E-state index in [1.165, 1.54) is 6.07 Å². The average Bonchev–Trinajstić information content (AvgIpc) is 3.02. The highest BCUT2D eigenvalue weighted by Crippen LogP contribution is 2.52. The third kappa shape index (κ3) is 1.39. The number of hydrogen-bond acceptors (Lipinski definition) is 4. The first-order valence-electron chi connectivity index (χ1n) is 5.13. The first-order valence-corrected chi connectivity index (χ1v) is 5.13. The molecule has 4 nitrogen and oxygen atoms in total. The van der Waals surface area contributed by atoms with Gasteiger partial charge < -0.3 is 10.2 Å². The van der Waals surface area contributed by atoms with Crippen LogP contribution in [0.4, 0.5) is 0 Å². The van der Waals surface area contributed by atoms with E-state index < -0.39 is 5.54 Å². The Morgan fingerprint density at radius 1 is 1.31 bits per heavy atom. The molecule has 0 bridgehead atoms. The molecule has 1 fully saturated rings. The second kappa shape index (κ2) is 3.35. The summed E-state index contributed by atoms with van der Waals surface area (Å²) in [6, 6.07) is 1.49. The van der Waals surface area contributed by atoms with E-state index in [2.05, 4.69) is 4.99 Å². The third-order valence-electron chi connectivity index (χ3n) is 3.33. The molecule has 0 saturated heterocycles. The van der Waals surface area contributed by atoms with Gasteiger partial charge in [-0.2, -0.15) is 4.99 Å². The van der Waals surface area contributed by atoms with Crippen LogP contribution in [-0.4, -0.2) is 16.3 Å². The summed E-state index contributed by atoms with van der Waals surface area (Å²) in [5.41, 5.74) is 1.79. The Morgan fingerprint density at radius 3 is 2.44 bits per heavy atom. The lowest BCUT2D eigenvalue weighted by Gasteiger charge is -2.16. The summed E-state index contributed by atoms with van der Waals surface area (Å²) in [6.07, 6.45) is 3.15. The summed E-state index contributed by atoms with van der Waals surface area (Å²) in [4.78, 5) is 14.2. The van der Waals surface area contributed by atoms with E-state index in [0.29, 0.717) is 5.56 Å². The van der Waals surface area contributed by atoms with Crippen molar-refractivity contribution in [2.24, 2.45) is 4.99 Å². The Balaban J connectivity index is 2.63. The lowest BCUT2D eigenvalue weighted by Crippen LogP contribution is -2.06. The van der Waals surface area contributed by atoms with Gasteiger partial charge in [-0.3, -0.25) is 0 Å². The molecule has 1 aromatic carbocycles. The molecule has 16 heavy (non-hydrogen) atoms. The summed E-state index contributed by atoms with van der Waals surface area (Å²) in [5, 5.41) is 19.1. The molecule has 0 unspecified atom stereocenters. The molecule has 0 radical (unpaired) electrons. The van der Waals surface area contributed by atoms with Gasteiger partial charge in [0.15, 0.2) is 11.5 Å². The van der Waals surface area contributed by atoms with E-state index in [1.807, 2.05) is 6.92 Å².